The van der Waals surface area contributed by atoms with Crippen LogP contribution in [0.5, 0.6) is 5.75 Å². The van der Waals surface area contributed by atoms with Crippen LogP contribution in [0.1, 0.15) is 27.7 Å². The Morgan fingerprint density at radius 3 is 2.71 bits per heavy atom. The van der Waals surface area contributed by atoms with Gasteiger partial charge in [-0.3, -0.25) is 4.98 Å². The van der Waals surface area contributed by atoms with Gasteiger partial charge >= 0.3 is 0 Å². The summed E-state index contributed by atoms with van der Waals surface area (Å²) in [5, 5.41) is 6.63. The van der Waals surface area contributed by atoms with Crippen LogP contribution in [0.25, 0.3) is 0 Å². The number of rotatable bonds is 7. The summed E-state index contributed by atoms with van der Waals surface area (Å²) in [6.07, 6.45) is 3.43. The van der Waals surface area contributed by atoms with E-state index in [0.29, 0.717) is 25.1 Å². The van der Waals surface area contributed by atoms with Crippen LogP contribution in [0.15, 0.2) is 29.5 Å². The molecule has 6 heteroatoms. The number of pyridine rings is 1. The number of halogens is 1. The zero-order valence-corrected chi connectivity index (χ0v) is 15.6. The van der Waals surface area contributed by atoms with Gasteiger partial charge in [-0.2, -0.15) is 0 Å². The Morgan fingerprint density at radius 2 is 2.14 bits per heavy atom. The molecule has 0 saturated heterocycles. The third kappa shape index (κ3) is 8.75. The van der Waals surface area contributed by atoms with Gasteiger partial charge in [0, 0.05) is 18.8 Å². The molecule has 0 bridgehead atoms. The van der Waals surface area contributed by atoms with Crippen LogP contribution < -0.4 is 15.4 Å². The summed E-state index contributed by atoms with van der Waals surface area (Å²) in [5.74, 6) is 2.17. The van der Waals surface area contributed by atoms with E-state index in [1.54, 1.807) is 12.4 Å². The predicted octanol–water partition coefficient (Wildman–Crippen LogP) is 2.68. The number of nitrogens with one attached hydrogen (secondary N) is 2. The van der Waals surface area contributed by atoms with Crippen molar-refractivity contribution in [3.8, 4) is 5.75 Å². The fraction of sp³-hybridized carbons (Fsp3) is 0.600. The topological polar surface area (TPSA) is 58.5 Å². The van der Waals surface area contributed by atoms with E-state index >= 15 is 0 Å². The van der Waals surface area contributed by atoms with E-state index in [2.05, 4.69) is 48.3 Å². The van der Waals surface area contributed by atoms with Gasteiger partial charge in [-0.05, 0) is 31.9 Å². The lowest BCUT2D eigenvalue weighted by molar-refractivity contribution is 0.327. The molecular weight excluding hydrogens is 379 g/mol. The lowest BCUT2D eigenvalue weighted by Gasteiger charge is -2.20. The smallest absolute Gasteiger partial charge is 0.191 e. The van der Waals surface area contributed by atoms with Crippen molar-refractivity contribution in [3.63, 3.8) is 0 Å². The second kappa shape index (κ2) is 11.6. The Bertz CT molecular complexity index is 398. The third-order valence-electron chi connectivity index (χ3n) is 2.97. The van der Waals surface area contributed by atoms with Gasteiger partial charge in [-0.15, -0.1) is 24.0 Å². The highest BCUT2D eigenvalue weighted by atomic mass is 127. The lowest BCUT2D eigenvalue weighted by atomic mass is 10.1. The third-order valence-corrected chi connectivity index (χ3v) is 2.97. The number of nitrogens with zero attached hydrogens (tertiary/aromatic N) is 2. The Balaban J connectivity index is 0.00000400. The summed E-state index contributed by atoms with van der Waals surface area (Å²) < 4.78 is 5.56. The average Bonchev–Trinajstić information content (AvgIpc) is 2.44. The van der Waals surface area contributed by atoms with Gasteiger partial charge in [0.15, 0.2) is 5.96 Å². The maximum Gasteiger partial charge on any atom is 0.191 e. The summed E-state index contributed by atoms with van der Waals surface area (Å²) in [5.41, 5.74) is 0. The first-order valence-corrected chi connectivity index (χ1v) is 7.21. The molecule has 0 fully saturated rings. The van der Waals surface area contributed by atoms with Crippen molar-refractivity contribution >= 4 is 29.9 Å². The van der Waals surface area contributed by atoms with E-state index in [0.717, 1.165) is 18.3 Å². The van der Waals surface area contributed by atoms with Crippen molar-refractivity contribution in [1.82, 2.24) is 15.6 Å². The van der Waals surface area contributed by atoms with E-state index in [4.69, 9.17) is 4.74 Å². The fourth-order valence-corrected chi connectivity index (χ4v) is 1.46. The number of hydrogen-bond donors (Lipinski definition) is 2. The van der Waals surface area contributed by atoms with Crippen molar-refractivity contribution in [2.45, 2.75) is 33.7 Å². The molecule has 1 aromatic heterocycles. The van der Waals surface area contributed by atoms with E-state index in [1.165, 1.54) is 0 Å². The van der Waals surface area contributed by atoms with Crippen LogP contribution >= 0.6 is 24.0 Å². The molecule has 1 aromatic rings. The van der Waals surface area contributed by atoms with Gasteiger partial charge < -0.3 is 15.4 Å². The molecule has 0 spiro atoms. The standard InChI is InChI=1S/C15H26N4O.HI/c1-5-17-15(19-13(4)12(2)3)18-9-10-20-14-7-6-8-16-11-14;/h6-8,11-13H,5,9-10H2,1-4H3,(H2,17,18,19);1H. The number of guanidine groups is 1. The maximum absolute atomic E-state index is 5.56. The van der Waals surface area contributed by atoms with E-state index < -0.39 is 0 Å². The molecule has 1 atom stereocenters. The summed E-state index contributed by atoms with van der Waals surface area (Å²) in [6.45, 7) is 10.6. The highest BCUT2D eigenvalue weighted by Gasteiger charge is 2.08. The zero-order valence-electron chi connectivity index (χ0n) is 13.3. The van der Waals surface area contributed by atoms with Gasteiger partial charge in [0.2, 0.25) is 0 Å². The van der Waals surface area contributed by atoms with Crippen molar-refractivity contribution in [3.05, 3.63) is 24.5 Å². The molecule has 1 heterocycles. The second-order valence-electron chi connectivity index (χ2n) is 4.97. The van der Waals surface area contributed by atoms with Gasteiger partial charge in [-0.1, -0.05) is 13.8 Å². The number of ether oxygens (including phenoxy) is 1. The van der Waals surface area contributed by atoms with E-state index in [-0.39, 0.29) is 24.0 Å². The van der Waals surface area contributed by atoms with Crippen molar-refractivity contribution in [2.75, 3.05) is 19.7 Å². The Kier molecular flexibility index (Phi) is 11.0. The SMILES string of the molecule is CCNC(=NCCOc1cccnc1)NC(C)C(C)C.I. The Hall–Kier alpha value is -1.05. The normalized spacial score (nSPS) is 12.5. The quantitative estimate of drug-likeness (QED) is 0.317. The Labute approximate surface area is 145 Å². The van der Waals surface area contributed by atoms with Crippen molar-refractivity contribution in [2.24, 2.45) is 10.9 Å². The summed E-state index contributed by atoms with van der Waals surface area (Å²) in [4.78, 5) is 8.50. The molecule has 0 aliphatic carbocycles. The molecule has 5 nitrogen and oxygen atoms in total. The first-order valence-electron chi connectivity index (χ1n) is 7.21. The molecule has 1 rings (SSSR count). The highest BCUT2D eigenvalue weighted by Crippen LogP contribution is 2.05. The molecule has 120 valence electrons. The largest absolute Gasteiger partial charge is 0.490 e. The minimum absolute atomic E-state index is 0. The van der Waals surface area contributed by atoms with Gasteiger partial charge in [0.25, 0.3) is 0 Å². The van der Waals surface area contributed by atoms with Gasteiger partial charge in [0.1, 0.15) is 12.4 Å². The number of aromatic nitrogens is 1. The zero-order chi connectivity index (χ0) is 14.8. The van der Waals surface area contributed by atoms with Crippen LogP contribution in [-0.4, -0.2) is 36.7 Å². The molecule has 0 aliphatic heterocycles. The van der Waals surface area contributed by atoms with Crippen LogP contribution in [-0.2, 0) is 0 Å². The molecule has 0 aliphatic rings. The highest BCUT2D eigenvalue weighted by molar-refractivity contribution is 14.0. The first-order chi connectivity index (χ1) is 9.63. The van der Waals surface area contributed by atoms with Crippen LogP contribution in [0.2, 0.25) is 0 Å². The summed E-state index contributed by atoms with van der Waals surface area (Å²) in [6, 6.07) is 4.13. The molecule has 1 unspecified atom stereocenters. The summed E-state index contributed by atoms with van der Waals surface area (Å²) in [7, 11) is 0. The number of hydrogen-bond acceptors (Lipinski definition) is 3. The first kappa shape index (κ1) is 19.9. The molecule has 0 radical (unpaired) electrons. The van der Waals surface area contributed by atoms with Crippen LogP contribution in [0.4, 0.5) is 0 Å². The predicted molar refractivity (Wildman–Crippen MR) is 98.6 cm³/mol. The van der Waals surface area contributed by atoms with E-state index in [1.807, 2.05) is 12.1 Å². The summed E-state index contributed by atoms with van der Waals surface area (Å²) >= 11 is 0. The van der Waals surface area contributed by atoms with Crippen molar-refractivity contribution in [1.29, 1.82) is 0 Å². The molecule has 21 heavy (non-hydrogen) atoms. The van der Waals surface area contributed by atoms with E-state index in [9.17, 15) is 0 Å². The molecule has 2 N–H and O–H groups in total. The second-order valence-corrected chi connectivity index (χ2v) is 4.97. The fourth-order valence-electron chi connectivity index (χ4n) is 1.46. The maximum atomic E-state index is 5.56. The molecule has 0 amide bonds. The van der Waals surface area contributed by atoms with Crippen molar-refractivity contribution < 1.29 is 4.74 Å². The molecular formula is C15H27IN4O. The van der Waals surface area contributed by atoms with Gasteiger partial charge in [-0.25, -0.2) is 4.99 Å². The number of aliphatic imine (C=N–C) groups is 1. The minimum atomic E-state index is 0. The Morgan fingerprint density at radius 1 is 1.38 bits per heavy atom. The minimum Gasteiger partial charge on any atom is -0.490 e. The van der Waals surface area contributed by atoms with Crippen LogP contribution in [0.3, 0.4) is 0 Å². The monoisotopic (exact) mass is 406 g/mol. The van der Waals surface area contributed by atoms with Gasteiger partial charge in [0.05, 0.1) is 12.7 Å². The lowest BCUT2D eigenvalue weighted by Crippen LogP contribution is -2.44. The average molecular weight is 406 g/mol. The molecule has 0 saturated carbocycles. The molecule has 0 aromatic carbocycles. The van der Waals surface area contributed by atoms with Crippen LogP contribution in [0, 0.1) is 5.92 Å².